The van der Waals surface area contributed by atoms with Crippen LogP contribution in [0.2, 0.25) is 0 Å². The van der Waals surface area contributed by atoms with Crippen LogP contribution in [-0.4, -0.2) is 38.1 Å². The third-order valence-electron chi connectivity index (χ3n) is 7.19. The maximum atomic E-state index is 12.4. The Morgan fingerprint density at radius 2 is 1.71 bits per heavy atom. The Kier molecular flexibility index (Phi) is 4.64. The van der Waals surface area contributed by atoms with E-state index >= 15 is 0 Å². The highest BCUT2D eigenvalue weighted by Gasteiger charge is 2.48. The number of aliphatic hydroxyl groups is 2. The summed E-state index contributed by atoms with van der Waals surface area (Å²) in [6.45, 7) is 1.21. The number of aliphatic hydroxyl groups excluding tert-OH is 1. The Morgan fingerprint density at radius 3 is 2.44 bits per heavy atom. The molecule has 0 unspecified atom stereocenters. The fourth-order valence-electron chi connectivity index (χ4n) is 5.44. The molecular formula is C27H24N2O5. The van der Waals surface area contributed by atoms with Crippen LogP contribution in [0.3, 0.4) is 0 Å². The van der Waals surface area contributed by atoms with Crippen LogP contribution < -0.4 is 11.2 Å². The lowest BCUT2D eigenvalue weighted by atomic mass is 9.84. The molecule has 4 aromatic carbocycles. The smallest absolute Gasteiger partial charge is 0.330 e. The molecule has 0 amide bonds. The van der Waals surface area contributed by atoms with Gasteiger partial charge in [0, 0.05) is 24.6 Å². The first-order chi connectivity index (χ1) is 16.4. The van der Waals surface area contributed by atoms with Crippen molar-refractivity contribution in [2.45, 2.75) is 37.7 Å². The van der Waals surface area contributed by atoms with Crippen molar-refractivity contribution >= 4 is 32.3 Å². The van der Waals surface area contributed by atoms with Gasteiger partial charge < -0.3 is 14.9 Å². The molecule has 0 radical (unpaired) electrons. The number of ether oxygens (including phenoxy) is 1. The molecule has 0 aliphatic carbocycles. The molecule has 1 fully saturated rings. The second-order valence-electron chi connectivity index (χ2n) is 9.31. The van der Waals surface area contributed by atoms with Crippen molar-refractivity contribution in [3.63, 3.8) is 0 Å². The van der Waals surface area contributed by atoms with Gasteiger partial charge >= 0.3 is 5.69 Å². The highest BCUT2D eigenvalue weighted by Crippen LogP contribution is 2.41. The molecule has 3 atom stereocenters. The van der Waals surface area contributed by atoms with Gasteiger partial charge in [-0.3, -0.25) is 14.3 Å². The summed E-state index contributed by atoms with van der Waals surface area (Å²) in [7, 11) is 0. The average molecular weight is 456 g/mol. The Hall–Kier alpha value is -3.52. The average Bonchev–Trinajstić information content (AvgIpc) is 3.16. The fourth-order valence-corrected chi connectivity index (χ4v) is 5.44. The summed E-state index contributed by atoms with van der Waals surface area (Å²) < 4.78 is 7.21. The number of hydrogen-bond acceptors (Lipinski definition) is 5. The molecule has 0 saturated carbocycles. The molecule has 172 valence electrons. The third kappa shape index (κ3) is 3.09. The van der Waals surface area contributed by atoms with Crippen LogP contribution in [0.4, 0.5) is 0 Å². The summed E-state index contributed by atoms with van der Waals surface area (Å²) in [5, 5.41) is 28.5. The fraction of sp³-hybridized carbons (Fsp3) is 0.259. The van der Waals surface area contributed by atoms with Gasteiger partial charge in [0.1, 0.15) is 17.9 Å². The Balaban J connectivity index is 1.44. The van der Waals surface area contributed by atoms with E-state index in [0.29, 0.717) is 5.56 Å². The zero-order valence-electron chi connectivity index (χ0n) is 18.6. The van der Waals surface area contributed by atoms with Crippen LogP contribution in [-0.2, 0) is 11.2 Å². The van der Waals surface area contributed by atoms with E-state index in [0.717, 1.165) is 32.5 Å². The number of benzene rings is 4. The van der Waals surface area contributed by atoms with Gasteiger partial charge in [0.05, 0.1) is 6.61 Å². The number of H-pyrrole nitrogens is 1. The van der Waals surface area contributed by atoms with Crippen LogP contribution in [0.5, 0.6) is 0 Å². The molecule has 34 heavy (non-hydrogen) atoms. The molecule has 7 nitrogen and oxygen atoms in total. The van der Waals surface area contributed by atoms with Gasteiger partial charge in [0.2, 0.25) is 0 Å². The van der Waals surface area contributed by atoms with E-state index in [-0.39, 0.29) is 12.8 Å². The largest absolute Gasteiger partial charge is 0.394 e. The first kappa shape index (κ1) is 21.0. The van der Waals surface area contributed by atoms with Crippen LogP contribution in [0.1, 0.15) is 23.8 Å². The van der Waals surface area contributed by atoms with Gasteiger partial charge in [0.25, 0.3) is 5.56 Å². The van der Waals surface area contributed by atoms with Gasteiger partial charge in [-0.05, 0) is 44.8 Å². The molecule has 3 N–H and O–H groups in total. The molecule has 0 bridgehead atoms. The normalized spacial score (nSPS) is 22.9. The first-order valence-electron chi connectivity index (χ1n) is 11.3. The van der Waals surface area contributed by atoms with E-state index in [1.165, 1.54) is 16.2 Å². The van der Waals surface area contributed by atoms with E-state index in [2.05, 4.69) is 47.4 Å². The van der Waals surface area contributed by atoms with Crippen molar-refractivity contribution in [3.8, 4) is 0 Å². The zero-order chi connectivity index (χ0) is 23.6. The van der Waals surface area contributed by atoms with Crippen LogP contribution in [0.15, 0.2) is 70.4 Å². The minimum Gasteiger partial charge on any atom is -0.394 e. The lowest BCUT2D eigenvalue weighted by Gasteiger charge is -2.28. The number of aromatic amines is 1. The molecular weight excluding hydrogens is 432 g/mol. The molecule has 1 saturated heterocycles. The summed E-state index contributed by atoms with van der Waals surface area (Å²) in [6.07, 6.45) is 0.105. The molecule has 7 heteroatoms. The van der Waals surface area contributed by atoms with Crippen LogP contribution in [0, 0.1) is 6.92 Å². The van der Waals surface area contributed by atoms with E-state index in [4.69, 9.17) is 4.74 Å². The number of hydrogen-bond donors (Lipinski definition) is 3. The van der Waals surface area contributed by atoms with E-state index in [1.807, 2.05) is 12.1 Å². The predicted molar refractivity (Wildman–Crippen MR) is 130 cm³/mol. The van der Waals surface area contributed by atoms with Crippen molar-refractivity contribution < 1.29 is 14.9 Å². The quantitative estimate of drug-likeness (QED) is 0.361. The number of rotatable bonds is 4. The Bertz CT molecular complexity index is 1650. The third-order valence-corrected chi connectivity index (χ3v) is 7.19. The highest BCUT2D eigenvalue weighted by molar-refractivity contribution is 6.23. The standard InChI is InChI=1S/C27H24N2O5/c1-15-13-29(26(32)28-25(15)31)22-12-27(33,21(14-30)34-22)11-19-8-7-18-6-5-16-3-2-4-17-9-10-20(19)24(18)23(16)17/h2-10,13,21-22,30,33H,11-12,14H2,1H3,(H,28,31,32)/t21-,22-,27+/m1/s1. The Morgan fingerprint density at radius 1 is 1.03 bits per heavy atom. The molecule has 5 aromatic rings. The second-order valence-corrected chi connectivity index (χ2v) is 9.31. The van der Waals surface area contributed by atoms with Gasteiger partial charge in [-0.1, -0.05) is 54.6 Å². The van der Waals surface area contributed by atoms with Crippen molar-refractivity contribution in [3.05, 3.63) is 92.8 Å². The summed E-state index contributed by atoms with van der Waals surface area (Å²) in [6, 6.07) is 18.7. The van der Waals surface area contributed by atoms with Crippen LogP contribution >= 0.6 is 0 Å². The minimum atomic E-state index is -1.40. The van der Waals surface area contributed by atoms with Crippen molar-refractivity contribution in [2.24, 2.45) is 0 Å². The van der Waals surface area contributed by atoms with E-state index < -0.39 is 35.8 Å². The van der Waals surface area contributed by atoms with Crippen molar-refractivity contribution in [1.82, 2.24) is 9.55 Å². The monoisotopic (exact) mass is 456 g/mol. The maximum absolute atomic E-state index is 12.4. The minimum absolute atomic E-state index is 0.103. The lowest BCUT2D eigenvalue weighted by Crippen LogP contribution is -2.42. The SMILES string of the molecule is Cc1cn([C@H]2C[C@@](O)(Cc3ccc4ccc5cccc6ccc3c4c56)[C@@H](CO)O2)c(=O)[nH]c1=O. The number of nitrogens with one attached hydrogen (secondary N) is 1. The molecule has 1 aromatic heterocycles. The second kappa shape index (κ2) is 7.50. The van der Waals surface area contributed by atoms with Crippen molar-refractivity contribution in [2.75, 3.05) is 6.61 Å². The number of nitrogens with zero attached hydrogens (tertiary/aromatic N) is 1. The van der Waals surface area contributed by atoms with Gasteiger partial charge in [0.15, 0.2) is 0 Å². The zero-order valence-corrected chi connectivity index (χ0v) is 18.6. The number of aromatic nitrogens is 2. The predicted octanol–water partition coefficient (Wildman–Crippen LogP) is 3.00. The van der Waals surface area contributed by atoms with E-state index in [9.17, 15) is 19.8 Å². The number of aryl methyl sites for hydroxylation is 1. The van der Waals surface area contributed by atoms with Gasteiger partial charge in [-0.2, -0.15) is 0 Å². The summed E-state index contributed by atoms with van der Waals surface area (Å²) >= 11 is 0. The molecule has 1 aliphatic heterocycles. The van der Waals surface area contributed by atoms with E-state index in [1.54, 1.807) is 6.92 Å². The lowest BCUT2D eigenvalue weighted by molar-refractivity contribution is -0.0821. The first-order valence-corrected chi connectivity index (χ1v) is 11.3. The van der Waals surface area contributed by atoms with Crippen molar-refractivity contribution in [1.29, 1.82) is 0 Å². The summed E-state index contributed by atoms with van der Waals surface area (Å²) in [5.74, 6) is 0. The highest BCUT2D eigenvalue weighted by atomic mass is 16.5. The Labute approximate surface area is 194 Å². The van der Waals surface area contributed by atoms with Gasteiger partial charge in [-0.15, -0.1) is 0 Å². The molecule has 6 rings (SSSR count). The summed E-state index contributed by atoms with van der Waals surface area (Å²) in [5.41, 5.74) is -1.15. The van der Waals surface area contributed by atoms with Gasteiger partial charge in [-0.25, -0.2) is 4.79 Å². The maximum Gasteiger partial charge on any atom is 0.330 e. The molecule has 1 aliphatic rings. The summed E-state index contributed by atoms with van der Waals surface area (Å²) in [4.78, 5) is 26.4. The topological polar surface area (TPSA) is 105 Å². The molecule has 0 spiro atoms. The molecule has 2 heterocycles. The van der Waals surface area contributed by atoms with Crippen LogP contribution in [0.25, 0.3) is 32.3 Å².